The molecular formula is C7H6Cl3NO3S. The Hall–Kier alpha value is -0.230. The molecule has 1 rings (SSSR count). The molecule has 0 aromatic carbocycles. The largest absolute Gasteiger partial charge is 0.462 e. The van der Waals surface area contributed by atoms with Crippen LogP contribution in [0.25, 0.3) is 0 Å². The first-order chi connectivity index (χ1) is 6.86. The fourth-order valence-corrected chi connectivity index (χ4v) is 2.25. The second-order valence-corrected chi connectivity index (χ2v) is 5.70. The van der Waals surface area contributed by atoms with Gasteiger partial charge in [0.05, 0.1) is 12.3 Å². The van der Waals surface area contributed by atoms with Crippen molar-refractivity contribution in [3.63, 3.8) is 0 Å². The normalized spacial score (nSPS) is 11.5. The standard InChI is InChI=1S/C7H6Cl3NO3S/c1-2-14-5(12)3-4(7(8,9)10)11-6(13)15-3/h2H2,1H3,(H,11,13). The molecule has 1 N–H and O–H groups in total. The number of thiazole rings is 1. The van der Waals surface area contributed by atoms with Gasteiger partial charge in [-0.1, -0.05) is 46.1 Å². The Morgan fingerprint density at radius 3 is 2.60 bits per heavy atom. The molecule has 4 nitrogen and oxygen atoms in total. The fraction of sp³-hybridized carbons (Fsp3) is 0.429. The first kappa shape index (κ1) is 12.8. The predicted octanol–water partition coefficient (Wildman–Crippen LogP) is 2.44. The zero-order valence-corrected chi connectivity index (χ0v) is 10.6. The number of aromatic nitrogens is 1. The van der Waals surface area contributed by atoms with Crippen LogP contribution in [0.5, 0.6) is 0 Å². The van der Waals surface area contributed by atoms with Crippen molar-refractivity contribution in [1.82, 2.24) is 4.98 Å². The molecule has 0 aliphatic rings. The summed E-state index contributed by atoms with van der Waals surface area (Å²) in [7, 11) is 0. The van der Waals surface area contributed by atoms with Crippen LogP contribution in [0.4, 0.5) is 0 Å². The summed E-state index contributed by atoms with van der Waals surface area (Å²) in [6, 6.07) is 0. The highest BCUT2D eigenvalue weighted by atomic mass is 35.6. The van der Waals surface area contributed by atoms with Gasteiger partial charge in [-0.25, -0.2) is 4.79 Å². The van der Waals surface area contributed by atoms with Gasteiger partial charge >= 0.3 is 10.8 Å². The molecule has 1 aromatic heterocycles. The van der Waals surface area contributed by atoms with Crippen LogP contribution in [0.15, 0.2) is 4.79 Å². The van der Waals surface area contributed by atoms with Crippen LogP contribution in [0.2, 0.25) is 0 Å². The molecule has 84 valence electrons. The maximum atomic E-state index is 11.4. The molecule has 15 heavy (non-hydrogen) atoms. The van der Waals surface area contributed by atoms with E-state index < -0.39 is 14.6 Å². The van der Waals surface area contributed by atoms with E-state index in [4.69, 9.17) is 39.5 Å². The van der Waals surface area contributed by atoms with Crippen molar-refractivity contribution in [1.29, 1.82) is 0 Å². The lowest BCUT2D eigenvalue weighted by atomic mass is 10.4. The van der Waals surface area contributed by atoms with E-state index in [0.29, 0.717) is 11.3 Å². The maximum Gasteiger partial charge on any atom is 0.350 e. The molecule has 0 fully saturated rings. The quantitative estimate of drug-likeness (QED) is 0.672. The zero-order valence-electron chi connectivity index (χ0n) is 7.47. The number of hydrogen-bond donors (Lipinski definition) is 1. The minimum absolute atomic E-state index is 0.0122. The van der Waals surface area contributed by atoms with Gasteiger partial charge in [0.25, 0.3) is 0 Å². The highest BCUT2D eigenvalue weighted by Crippen LogP contribution is 2.39. The maximum absolute atomic E-state index is 11.4. The van der Waals surface area contributed by atoms with Gasteiger partial charge in [-0.15, -0.1) is 0 Å². The molecule has 0 atom stereocenters. The summed E-state index contributed by atoms with van der Waals surface area (Å²) in [6.45, 7) is 1.83. The van der Waals surface area contributed by atoms with E-state index in [0.717, 1.165) is 0 Å². The van der Waals surface area contributed by atoms with E-state index >= 15 is 0 Å². The average Bonchev–Trinajstić information content (AvgIpc) is 2.47. The van der Waals surface area contributed by atoms with Crippen LogP contribution >= 0.6 is 46.1 Å². The molecule has 1 heterocycles. The molecule has 0 aliphatic carbocycles. The summed E-state index contributed by atoms with van der Waals surface area (Å²) in [5, 5.41) is 0. The number of halogens is 3. The monoisotopic (exact) mass is 289 g/mol. The minimum atomic E-state index is -1.85. The van der Waals surface area contributed by atoms with E-state index in [-0.39, 0.29) is 17.2 Å². The van der Waals surface area contributed by atoms with Crippen molar-refractivity contribution in [2.75, 3.05) is 6.61 Å². The van der Waals surface area contributed by atoms with Gasteiger partial charge in [0.15, 0.2) is 0 Å². The van der Waals surface area contributed by atoms with Crippen LogP contribution in [-0.2, 0) is 8.53 Å². The Morgan fingerprint density at radius 1 is 1.53 bits per heavy atom. The summed E-state index contributed by atoms with van der Waals surface area (Å²) >= 11 is 17.4. The highest BCUT2D eigenvalue weighted by Gasteiger charge is 2.32. The predicted molar refractivity (Wildman–Crippen MR) is 60.1 cm³/mol. The summed E-state index contributed by atoms with van der Waals surface area (Å²) in [4.78, 5) is 24.2. The fourth-order valence-electron chi connectivity index (χ4n) is 0.868. The lowest BCUT2D eigenvalue weighted by Crippen LogP contribution is -2.11. The van der Waals surface area contributed by atoms with E-state index in [9.17, 15) is 9.59 Å². The SMILES string of the molecule is CCOC(=O)c1sc(=O)[nH]c1C(Cl)(Cl)Cl. The van der Waals surface area contributed by atoms with Crippen LogP contribution in [0.3, 0.4) is 0 Å². The third-order valence-corrected chi connectivity index (χ3v) is 2.82. The molecule has 0 saturated carbocycles. The number of H-pyrrole nitrogens is 1. The highest BCUT2D eigenvalue weighted by molar-refractivity contribution is 7.11. The molecule has 0 amide bonds. The lowest BCUT2D eigenvalue weighted by Gasteiger charge is -2.09. The van der Waals surface area contributed by atoms with E-state index in [1.807, 2.05) is 0 Å². The van der Waals surface area contributed by atoms with Crippen molar-refractivity contribution >= 4 is 52.1 Å². The Morgan fingerprint density at radius 2 is 2.13 bits per heavy atom. The van der Waals surface area contributed by atoms with Crippen LogP contribution < -0.4 is 4.87 Å². The summed E-state index contributed by atoms with van der Waals surface area (Å²) in [5.41, 5.74) is -0.0547. The number of aromatic amines is 1. The van der Waals surface area contributed by atoms with Crippen molar-refractivity contribution < 1.29 is 9.53 Å². The number of carbonyl (C=O) groups excluding carboxylic acids is 1. The van der Waals surface area contributed by atoms with Crippen LogP contribution in [-0.4, -0.2) is 17.6 Å². The number of hydrogen-bond acceptors (Lipinski definition) is 4. The molecule has 1 aromatic rings. The van der Waals surface area contributed by atoms with Gasteiger partial charge in [-0.05, 0) is 6.92 Å². The van der Waals surface area contributed by atoms with E-state index in [2.05, 4.69) is 4.98 Å². The van der Waals surface area contributed by atoms with Crippen molar-refractivity contribution in [3.8, 4) is 0 Å². The number of rotatable bonds is 2. The van der Waals surface area contributed by atoms with E-state index in [1.54, 1.807) is 6.92 Å². The molecule has 0 aliphatic heterocycles. The molecule has 0 saturated heterocycles. The Kier molecular flexibility index (Phi) is 4.06. The van der Waals surface area contributed by atoms with Gasteiger partial charge in [0, 0.05) is 0 Å². The van der Waals surface area contributed by atoms with Gasteiger partial charge in [0.2, 0.25) is 3.79 Å². The molecule has 8 heteroatoms. The molecule has 0 spiro atoms. The number of nitrogens with one attached hydrogen (secondary N) is 1. The number of carbonyl (C=O) groups is 1. The average molecular weight is 291 g/mol. The summed E-state index contributed by atoms with van der Waals surface area (Å²) < 4.78 is 2.87. The van der Waals surface area contributed by atoms with Crippen molar-refractivity contribution in [2.24, 2.45) is 0 Å². The molecule has 0 bridgehead atoms. The minimum Gasteiger partial charge on any atom is -0.462 e. The smallest absolute Gasteiger partial charge is 0.350 e. The molecular weight excluding hydrogens is 285 g/mol. The second kappa shape index (κ2) is 4.74. The first-order valence-electron chi connectivity index (χ1n) is 3.83. The zero-order chi connectivity index (χ0) is 11.6. The Labute approximate surface area is 104 Å². The second-order valence-electron chi connectivity index (χ2n) is 2.44. The van der Waals surface area contributed by atoms with Gasteiger partial charge < -0.3 is 9.72 Å². The topological polar surface area (TPSA) is 59.2 Å². The Balaban J connectivity index is 3.18. The van der Waals surface area contributed by atoms with Gasteiger partial charge in [0.1, 0.15) is 4.88 Å². The van der Waals surface area contributed by atoms with Gasteiger partial charge in [-0.2, -0.15) is 0 Å². The molecule has 0 unspecified atom stereocenters. The Bertz CT molecular complexity index is 420. The molecule has 0 radical (unpaired) electrons. The lowest BCUT2D eigenvalue weighted by molar-refractivity contribution is 0.0530. The van der Waals surface area contributed by atoms with Crippen molar-refractivity contribution in [3.05, 3.63) is 20.2 Å². The van der Waals surface area contributed by atoms with Crippen molar-refractivity contribution in [2.45, 2.75) is 10.7 Å². The number of esters is 1. The van der Waals surface area contributed by atoms with Gasteiger partial charge in [-0.3, -0.25) is 4.79 Å². The first-order valence-corrected chi connectivity index (χ1v) is 5.78. The number of ether oxygens (including phenoxy) is 1. The third kappa shape index (κ3) is 3.11. The summed E-state index contributed by atoms with van der Waals surface area (Å²) in [5.74, 6) is -0.679. The third-order valence-electron chi connectivity index (χ3n) is 1.39. The van der Waals surface area contributed by atoms with E-state index in [1.165, 1.54) is 0 Å². The van der Waals surface area contributed by atoms with Crippen LogP contribution in [0, 0.1) is 0 Å². The summed E-state index contributed by atoms with van der Waals surface area (Å²) in [6.07, 6.45) is 0. The number of alkyl halides is 3. The van der Waals surface area contributed by atoms with Crippen LogP contribution in [0.1, 0.15) is 22.3 Å².